The van der Waals surface area contributed by atoms with E-state index >= 15 is 0 Å². The standard InChI is InChI=1S/C13H16N4/c1-10-3-4-11(8-16-10)9-17-12-5-6-15-13(7-12)14-2/h3-8H,9H2,1-2H3,(H2,14,15,17). The number of anilines is 2. The maximum atomic E-state index is 4.26. The number of nitrogens with one attached hydrogen (secondary N) is 2. The van der Waals surface area contributed by atoms with Gasteiger partial charge in [0.2, 0.25) is 0 Å². The fourth-order valence-corrected chi connectivity index (χ4v) is 1.48. The van der Waals surface area contributed by atoms with Crippen LogP contribution in [-0.2, 0) is 6.54 Å². The summed E-state index contributed by atoms with van der Waals surface area (Å²) in [6.07, 6.45) is 3.67. The minimum atomic E-state index is 0.764. The summed E-state index contributed by atoms with van der Waals surface area (Å²) in [5.74, 6) is 0.858. The van der Waals surface area contributed by atoms with E-state index in [1.165, 1.54) is 5.56 Å². The highest BCUT2D eigenvalue weighted by atomic mass is 15.0. The number of nitrogens with zero attached hydrogens (tertiary/aromatic N) is 2. The van der Waals surface area contributed by atoms with E-state index in [4.69, 9.17) is 0 Å². The molecule has 0 atom stereocenters. The summed E-state index contributed by atoms with van der Waals surface area (Å²) >= 11 is 0. The summed E-state index contributed by atoms with van der Waals surface area (Å²) in [5, 5.41) is 6.34. The Bertz CT molecular complexity index is 479. The van der Waals surface area contributed by atoms with Gasteiger partial charge in [-0.15, -0.1) is 0 Å². The lowest BCUT2D eigenvalue weighted by molar-refractivity contribution is 1.08. The van der Waals surface area contributed by atoms with Crippen molar-refractivity contribution in [3.63, 3.8) is 0 Å². The second-order valence-corrected chi connectivity index (χ2v) is 3.84. The highest BCUT2D eigenvalue weighted by molar-refractivity contribution is 5.51. The Balaban J connectivity index is 1.99. The summed E-state index contributed by atoms with van der Waals surface area (Å²) < 4.78 is 0. The van der Waals surface area contributed by atoms with E-state index in [-0.39, 0.29) is 0 Å². The molecule has 88 valence electrons. The molecule has 0 aliphatic heterocycles. The van der Waals surface area contributed by atoms with Crippen LogP contribution in [0.2, 0.25) is 0 Å². The largest absolute Gasteiger partial charge is 0.381 e. The topological polar surface area (TPSA) is 49.8 Å². The lowest BCUT2D eigenvalue weighted by Gasteiger charge is -2.07. The molecule has 0 aliphatic carbocycles. The van der Waals surface area contributed by atoms with Crippen molar-refractivity contribution in [1.29, 1.82) is 0 Å². The number of pyridine rings is 2. The molecule has 2 aromatic rings. The van der Waals surface area contributed by atoms with Gasteiger partial charge in [0.05, 0.1) is 0 Å². The van der Waals surface area contributed by atoms with Crippen molar-refractivity contribution < 1.29 is 0 Å². The molecule has 0 unspecified atom stereocenters. The molecule has 2 N–H and O–H groups in total. The maximum absolute atomic E-state index is 4.26. The van der Waals surface area contributed by atoms with E-state index in [1.54, 1.807) is 6.20 Å². The van der Waals surface area contributed by atoms with Crippen molar-refractivity contribution in [1.82, 2.24) is 9.97 Å². The van der Waals surface area contributed by atoms with Crippen molar-refractivity contribution in [2.45, 2.75) is 13.5 Å². The van der Waals surface area contributed by atoms with Gasteiger partial charge in [-0.25, -0.2) is 4.98 Å². The van der Waals surface area contributed by atoms with Crippen LogP contribution >= 0.6 is 0 Å². The van der Waals surface area contributed by atoms with Gasteiger partial charge in [-0.3, -0.25) is 4.98 Å². The van der Waals surface area contributed by atoms with Crippen LogP contribution in [0.1, 0.15) is 11.3 Å². The summed E-state index contributed by atoms with van der Waals surface area (Å²) in [5.41, 5.74) is 3.25. The lowest BCUT2D eigenvalue weighted by Crippen LogP contribution is -2.01. The van der Waals surface area contributed by atoms with Gasteiger partial charge in [-0.1, -0.05) is 6.07 Å². The Morgan fingerprint density at radius 1 is 1.18 bits per heavy atom. The van der Waals surface area contributed by atoms with E-state index in [0.29, 0.717) is 0 Å². The Morgan fingerprint density at radius 3 is 2.76 bits per heavy atom. The predicted molar refractivity (Wildman–Crippen MR) is 70.1 cm³/mol. The molecule has 0 saturated carbocycles. The third kappa shape index (κ3) is 3.17. The molecule has 17 heavy (non-hydrogen) atoms. The van der Waals surface area contributed by atoms with E-state index in [2.05, 4.69) is 26.7 Å². The smallest absolute Gasteiger partial charge is 0.127 e. The third-order valence-corrected chi connectivity index (χ3v) is 2.49. The fourth-order valence-electron chi connectivity index (χ4n) is 1.48. The zero-order valence-electron chi connectivity index (χ0n) is 10.1. The molecule has 0 amide bonds. The summed E-state index contributed by atoms with van der Waals surface area (Å²) in [7, 11) is 1.86. The van der Waals surface area contributed by atoms with Crippen LogP contribution in [0, 0.1) is 6.92 Å². The molecule has 0 aliphatic rings. The molecule has 4 nitrogen and oxygen atoms in total. The Kier molecular flexibility index (Phi) is 3.55. The van der Waals surface area contributed by atoms with Crippen LogP contribution < -0.4 is 10.6 Å². The summed E-state index contributed by atoms with van der Waals surface area (Å²) in [6, 6.07) is 8.02. The monoisotopic (exact) mass is 228 g/mol. The van der Waals surface area contributed by atoms with Gasteiger partial charge >= 0.3 is 0 Å². The zero-order valence-corrected chi connectivity index (χ0v) is 10.1. The number of rotatable bonds is 4. The molecule has 0 radical (unpaired) electrons. The van der Waals surface area contributed by atoms with Crippen LogP contribution in [0.3, 0.4) is 0 Å². The van der Waals surface area contributed by atoms with Crippen LogP contribution in [0.4, 0.5) is 11.5 Å². The molecule has 0 bridgehead atoms. The van der Waals surface area contributed by atoms with E-state index < -0.39 is 0 Å². The fraction of sp³-hybridized carbons (Fsp3) is 0.231. The molecular formula is C13H16N4. The Hall–Kier alpha value is -2.10. The van der Waals surface area contributed by atoms with Crippen LogP contribution in [0.15, 0.2) is 36.7 Å². The van der Waals surface area contributed by atoms with Gasteiger partial charge in [0.1, 0.15) is 5.82 Å². The molecule has 0 aromatic carbocycles. The summed E-state index contributed by atoms with van der Waals surface area (Å²) in [6.45, 7) is 2.75. The Morgan fingerprint density at radius 2 is 2.06 bits per heavy atom. The minimum Gasteiger partial charge on any atom is -0.381 e. The van der Waals surface area contributed by atoms with Crippen molar-refractivity contribution in [2.75, 3.05) is 17.7 Å². The maximum Gasteiger partial charge on any atom is 0.127 e. The molecule has 0 fully saturated rings. The number of hydrogen-bond donors (Lipinski definition) is 2. The van der Waals surface area contributed by atoms with Gasteiger partial charge in [-0.2, -0.15) is 0 Å². The second kappa shape index (κ2) is 5.30. The third-order valence-electron chi connectivity index (χ3n) is 2.49. The molecule has 2 aromatic heterocycles. The SMILES string of the molecule is CNc1cc(NCc2ccc(C)nc2)ccn1. The highest BCUT2D eigenvalue weighted by Crippen LogP contribution is 2.12. The quantitative estimate of drug-likeness (QED) is 0.844. The molecule has 2 rings (SSSR count). The first-order chi connectivity index (χ1) is 8.28. The molecular weight excluding hydrogens is 212 g/mol. The first kappa shape index (κ1) is 11.4. The number of aromatic nitrogens is 2. The van der Waals surface area contributed by atoms with Gasteiger partial charge in [0, 0.05) is 43.4 Å². The number of hydrogen-bond acceptors (Lipinski definition) is 4. The van der Waals surface area contributed by atoms with Crippen molar-refractivity contribution in [3.8, 4) is 0 Å². The van der Waals surface area contributed by atoms with Gasteiger partial charge in [-0.05, 0) is 24.6 Å². The van der Waals surface area contributed by atoms with E-state index in [1.807, 2.05) is 38.4 Å². The number of aryl methyl sites for hydroxylation is 1. The minimum absolute atomic E-state index is 0.764. The van der Waals surface area contributed by atoms with Gasteiger partial charge in [0.25, 0.3) is 0 Å². The second-order valence-electron chi connectivity index (χ2n) is 3.84. The lowest BCUT2D eigenvalue weighted by atomic mass is 10.2. The molecule has 0 saturated heterocycles. The average Bonchev–Trinajstić information content (AvgIpc) is 2.38. The van der Waals surface area contributed by atoms with Crippen LogP contribution in [-0.4, -0.2) is 17.0 Å². The first-order valence-corrected chi connectivity index (χ1v) is 5.57. The highest BCUT2D eigenvalue weighted by Gasteiger charge is 1.96. The van der Waals surface area contributed by atoms with Crippen molar-refractivity contribution in [2.24, 2.45) is 0 Å². The molecule has 0 spiro atoms. The predicted octanol–water partition coefficient (Wildman–Crippen LogP) is 2.44. The van der Waals surface area contributed by atoms with Crippen molar-refractivity contribution >= 4 is 11.5 Å². The van der Waals surface area contributed by atoms with Crippen molar-refractivity contribution in [3.05, 3.63) is 47.9 Å². The summed E-state index contributed by atoms with van der Waals surface area (Å²) in [4.78, 5) is 8.42. The van der Waals surface area contributed by atoms with Gasteiger partial charge in [0.15, 0.2) is 0 Å². The molecule has 4 heteroatoms. The van der Waals surface area contributed by atoms with Crippen LogP contribution in [0.25, 0.3) is 0 Å². The van der Waals surface area contributed by atoms with Gasteiger partial charge < -0.3 is 10.6 Å². The average molecular weight is 228 g/mol. The molecule has 2 heterocycles. The van der Waals surface area contributed by atoms with Crippen LogP contribution in [0.5, 0.6) is 0 Å². The Labute approximate surface area is 101 Å². The zero-order chi connectivity index (χ0) is 12.1. The van der Waals surface area contributed by atoms with E-state index in [9.17, 15) is 0 Å². The van der Waals surface area contributed by atoms with E-state index in [0.717, 1.165) is 23.7 Å². The first-order valence-electron chi connectivity index (χ1n) is 5.57. The normalized spacial score (nSPS) is 10.0.